The zero-order valence-corrected chi connectivity index (χ0v) is 17.9. The van der Waals surface area contributed by atoms with Crippen molar-refractivity contribution in [1.82, 2.24) is 14.6 Å². The monoisotopic (exact) mass is 422 g/mol. The number of hydrogen-bond donors (Lipinski definition) is 1. The molecule has 0 saturated carbocycles. The summed E-state index contributed by atoms with van der Waals surface area (Å²) in [6.07, 6.45) is 3.56. The third-order valence-electron chi connectivity index (χ3n) is 5.51. The first kappa shape index (κ1) is 19.8. The van der Waals surface area contributed by atoms with Crippen LogP contribution in [0.2, 0.25) is 0 Å². The molecule has 0 aliphatic rings. The number of nitrogens with zero attached hydrogens (tertiary/aromatic N) is 3. The van der Waals surface area contributed by atoms with E-state index in [0.717, 1.165) is 33.3 Å². The third kappa shape index (κ3) is 3.56. The van der Waals surface area contributed by atoms with Crippen LogP contribution in [0.15, 0.2) is 82.8 Å². The minimum Gasteiger partial charge on any atom is -0.485 e. The van der Waals surface area contributed by atoms with E-state index in [2.05, 4.69) is 15.1 Å². The van der Waals surface area contributed by atoms with Crippen LogP contribution in [-0.2, 0) is 6.61 Å². The average molecular weight is 422 g/mol. The van der Waals surface area contributed by atoms with Crippen LogP contribution in [-0.4, -0.2) is 20.9 Å². The summed E-state index contributed by atoms with van der Waals surface area (Å²) in [6, 6.07) is 21.2. The Morgan fingerprint density at radius 2 is 1.69 bits per heavy atom. The van der Waals surface area contributed by atoms with Crippen LogP contribution in [0.3, 0.4) is 0 Å². The first-order chi connectivity index (χ1) is 15.6. The Morgan fingerprint density at radius 1 is 0.969 bits per heavy atom. The van der Waals surface area contributed by atoms with Crippen molar-refractivity contribution in [2.45, 2.75) is 20.5 Å². The van der Waals surface area contributed by atoms with Crippen molar-refractivity contribution < 1.29 is 4.74 Å². The van der Waals surface area contributed by atoms with Gasteiger partial charge in [0.25, 0.3) is 5.56 Å². The van der Waals surface area contributed by atoms with E-state index in [1.807, 2.05) is 80.7 Å². The second-order valence-electron chi connectivity index (χ2n) is 7.71. The summed E-state index contributed by atoms with van der Waals surface area (Å²) < 4.78 is 7.43. The smallest absolute Gasteiger partial charge is 0.282 e. The molecular weight excluding hydrogens is 400 g/mol. The van der Waals surface area contributed by atoms with Gasteiger partial charge in [-0.05, 0) is 43.2 Å². The Kier molecular flexibility index (Phi) is 5.03. The van der Waals surface area contributed by atoms with E-state index in [9.17, 15) is 4.79 Å². The van der Waals surface area contributed by atoms with Crippen molar-refractivity contribution >= 4 is 28.0 Å². The number of nitrogens with one attached hydrogen (secondary N) is 1. The molecule has 2 heterocycles. The van der Waals surface area contributed by atoms with Gasteiger partial charge in [-0.15, -0.1) is 0 Å². The molecule has 0 radical (unpaired) electrons. The van der Waals surface area contributed by atoms with Crippen LogP contribution < -0.4 is 10.3 Å². The van der Waals surface area contributed by atoms with E-state index >= 15 is 0 Å². The average Bonchev–Trinajstić information content (AvgIpc) is 3.21. The lowest BCUT2D eigenvalue weighted by Crippen LogP contribution is -2.23. The molecular formula is C26H22N4O2. The zero-order valence-electron chi connectivity index (χ0n) is 17.9. The second-order valence-corrected chi connectivity index (χ2v) is 7.71. The van der Waals surface area contributed by atoms with Gasteiger partial charge in [0.1, 0.15) is 12.4 Å². The number of aromatic amines is 1. The van der Waals surface area contributed by atoms with Crippen molar-refractivity contribution in [3.63, 3.8) is 0 Å². The zero-order chi connectivity index (χ0) is 22.1. The van der Waals surface area contributed by atoms with Crippen molar-refractivity contribution in [3.05, 3.63) is 106 Å². The molecule has 1 N–H and O–H groups in total. The van der Waals surface area contributed by atoms with Crippen LogP contribution in [0.1, 0.15) is 22.5 Å². The molecule has 0 saturated heterocycles. The van der Waals surface area contributed by atoms with E-state index in [1.54, 1.807) is 12.3 Å². The number of H-pyrrole nitrogens is 1. The molecule has 0 aliphatic carbocycles. The van der Waals surface area contributed by atoms with Crippen LogP contribution in [0.5, 0.6) is 5.75 Å². The van der Waals surface area contributed by atoms with E-state index in [4.69, 9.17) is 4.74 Å². The standard InChI is InChI=1S/C26H22N4O2/c1-17-8-7-9-18(2)25(17)32-16-24-29-23-13-6-4-11-21(23)26(31)30(24)28-15-19-14-27-22-12-5-3-10-20(19)22/h3-15,27H,16H2,1-2H3/b28-15-. The van der Waals surface area contributed by atoms with E-state index in [0.29, 0.717) is 16.7 Å². The molecule has 32 heavy (non-hydrogen) atoms. The number of fused-ring (bicyclic) bond motifs is 2. The summed E-state index contributed by atoms with van der Waals surface area (Å²) in [6.45, 7) is 4.12. The molecule has 5 aromatic rings. The van der Waals surface area contributed by atoms with Gasteiger partial charge in [-0.3, -0.25) is 4.79 Å². The number of aryl methyl sites for hydroxylation is 2. The lowest BCUT2D eigenvalue weighted by Gasteiger charge is -2.13. The summed E-state index contributed by atoms with van der Waals surface area (Å²) in [7, 11) is 0. The summed E-state index contributed by atoms with van der Waals surface area (Å²) in [5, 5.41) is 6.07. The number of hydrogen-bond acceptors (Lipinski definition) is 4. The fourth-order valence-electron chi connectivity index (χ4n) is 3.87. The van der Waals surface area contributed by atoms with E-state index in [-0.39, 0.29) is 12.2 Å². The first-order valence-corrected chi connectivity index (χ1v) is 10.4. The van der Waals surface area contributed by atoms with Gasteiger partial charge in [0.15, 0.2) is 5.82 Å². The molecule has 6 nitrogen and oxygen atoms in total. The molecule has 0 fully saturated rings. The van der Waals surface area contributed by atoms with Crippen molar-refractivity contribution in [2.24, 2.45) is 5.10 Å². The number of aromatic nitrogens is 3. The molecule has 0 bridgehead atoms. The third-order valence-corrected chi connectivity index (χ3v) is 5.51. The molecule has 0 unspecified atom stereocenters. The Labute approximate surface area is 184 Å². The van der Waals surface area contributed by atoms with Crippen LogP contribution in [0.25, 0.3) is 21.8 Å². The van der Waals surface area contributed by atoms with Crippen molar-refractivity contribution in [3.8, 4) is 5.75 Å². The minimum atomic E-state index is -0.230. The number of benzene rings is 3. The Morgan fingerprint density at radius 3 is 2.50 bits per heavy atom. The molecule has 0 aliphatic heterocycles. The predicted molar refractivity (Wildman–Crippen MR) is 128 cm³/mol. The highest BCUT2D eigenvalue weighted by Gasteiger charge is 2.13. The molecule has 0 spiro atoms. The molecule has 0 atom stereocenters. The maximum absolute atomic E-state index is 13.3. The van der Waals surface area contributed by atoms with Gasteiger partial charge in [0.05, 0.1) is 17.1 Å². The summed E-state index contributed by atoms with van der Waals surface area (Å²) >= 11 is 0. The predicted octanol–water partition coefficient (Wildman–Crippen LogP) is 4.96. The maximum atomic E-state index is 13.3. The maximum Gasteiger partial charge on any atom is 0.282 e. The Balaban J connectivity index is 1.58. The van der Waals surface area contributed by atoms with Gasteiger partial charge in [0, 0.05) is 22.7 Å². The van der Waals surface area contributed by atoms with Crippen LogP contribution in [0.4, 0.5) is 0 Å². The van der Waals surface area contributed by atoms with Crippen LogP contribution >= 0.6 is 0 Å². The highest BCUT2D eigenvalue weighted by molar-refractivity contribution is 5.98. The van der Waals surface area contributed by atoms with Crippen LogP contribution in [0, 0.1) is 13.8 Å². The van der Waals surface area contributed by atoms with E-state index < -0.39 is 0 Å². The Hall–Kier alpha value is -4.19. The molecule has 5 rings (SSSR count). The Bertz CT molecular complexity index is 1510. The van der Waals surface area contributed by atoms with Crippen molar-refractivity contribution in [1.29, 1.82) is 0 Å². The highest BCUT2D eigenvalue weighted by Crippen LogP contribution is 2.23. The van der Waals surface area contributed by atoms with Gasteiger partial charge >= 0.3 is 0 Å². The number of para-hydroxylation sites is 3. The normalized spacial score (nSPS) is 11.6. The van der Waals surface area contributed by atoms with Gasteiger partial charge in [-0.2, -0.15) is 9.78 Å². The van der Waals surface area contributed by atoms with Gasteiger partial charge < -0.3 is 9.72 Å². The summed E-state index contributed by atoms with van der Waals surface area (Å²) in [4.78, 5) is 21.2. The quantitative estimate of drug-likeness (QED) is 0.407. The van der Waals surface area contributed by atoms with E-state index in [1.165, 1.54) is 4.68 Å². The molecule has 6 heteroatoms. The lowest BCUT2D eigenvalue weighted by atomic mass is 10.1. The fourth-order valence-corrected chi connectivity index (χ4v) is 3.87. The summed E-state index contributed by atoms with van der Waals surface area (Å²) in [5.74, 6) is 1.23. The topological polar surface area (TPSA) is 72.3 Å². The SMILES string of the molecule is Cc1cccc(C)c1OCc1nc2ccccc2c(=O)n1/N=C\c1c[nH]c2ccccc12. The van der Waals surface area contributed by atoms with Gasteiger partial charge in [-0.25, -0.2) is 4.98 Å². The fraction of sp³-hybridized carbons (Fsp3) is 0.115. The second kappa shape index (κ2) is 8.15. The largest absolute Gasteiger partial charge is 0.485 e. The molecule has 3 aromatic carbocycles. The summed E-state index contributed by atoms with van der Waals surface area (Å²) in [5.41, 5.74) is 4.35. The number of ether oxygens (including phenoxy) is 1. The molecule has 0 amide bonds. The van der Waals surface area contributed by atoms with Crippen molar-refractivity contribution in [2.75, 3.05) is 0 Å². The lowest BCUT2D eigenvalue weighted by molar-refractivity contribution is 0.285. The molecule has 158 valence electrons. The molecule has 2 aromatic heterocycles. The number of rotatable bonds is 5. The highest BCUT2D eigenvalue weighted by atomic mass is 16.5. The minimum absolute atomic E-state index is 0.122. The first-order valence-electron chi connectivity index (χ1n) is 10.4. The van der Waals surface area contributed by atoms with Gasteiger partial charge in [-0.1, -0.05) is 48.5 Å². The van der Waals surface area contributed by atoms with Gasteiger partial charge in [0.2, 0.25) is 0 Å².